The first-order chi connectivity index (χ1) is 59.5. The van der Waals surface area contributed by atoms with E-state index >= 15 is 0 Å². The van der Waals surface area contributed by atoms with Crippen molar-refractivity contribution in [1.82, 2.24) is 22.8 Å². The maximum absolute atomic E-state index is 6.52. The van der Waals surface area contributed by atoms with Gasteiger partial charge in [0.1, 0.15) is 11.2 Å². The first kappa shape index (κ1) is 67.3. The molecule has 0 aliphatic heterocycles. The molecule has 0 saturated carbocycles. The molecule has 0 N–H and O–H groups in total. The van der Waals surface area contributed by atoms with Crippen LogP contribution in [0.15, 0.2) is 435 Å². The second kappa shape index (κ2) is 26.8. The zero-order valence-corrected chi connectivity index (χ0v) is 65.1. The molecule has 6 heterocycles. The fraction of sp³-hybridized carbons (Fsp3) is 0. The second-order valence-corrected chi connectivity index (χ2v) is 31.9. The van der Waals surface area contributed by atoms with Gasteiger partial charge in [0, 0.05) is 98.6 Å². The fourth-order valence-corrected chi connectivity index (χ4v) is 19.7. The maximum atomic E-state index is 6.52. The molecular formula is C114H71N5O. The van der Waals surface area contributed by atoms with Crippen LogP contribution in [-0.4, -0.2) is 22.8 Å². The molecule has 0 amide bonds. The molecule has 6 aromatic heterocycles. The van der Waals surface area contributed by atoms with E-state index in [9.17, 15) is 0 Å². The van der Waals surface area contributed by atoms with Gasteiger partial charge >= 0.3 is 0 Å². The predicted molar refractivity (Wildman–Crippen MR) is 503 cm³/mol. The summed E-state index contributed by atoms with van der Waals surface area (Å²) < 4.78 is 18.8. The summed E-state index contributed by atoms with van der Waals surface area (Å²) in [5, 5.41) is 14.2. The van der Waals surface area contributed by atoms with Crippen molar-refractivity contribution in [1.29, 1.82) is 0 Å². The molecule has 19 aromatic carbocycles. The molecule has 0 fully saturated rings. The molecule has 0 unspecified atom stereocenters. The average molecular weight is 1530 g/mol. The Hall–Kier alpha value is -16.0. The zero-order chi connectivity index (χ0) is 78.6. The van der Waals surface area contributed by atoms with Gasteiger partial charge < -0.3 is 27.3 Å². The highest BCUT2D eigenvalue weighted by molar-refractivity contribution is 6.19. The fourth-order valence-electron chi connectivity index (χ4n) is 19.7. The first-order valence-electron chi connectivity index (χ1n) is 41.2. The van der Waals surface area contributed by atoms with Crippen LogP contribution in [-0.2, 0) is 0 Å². The van der Waals surface area contributed by atoms with Crippen LogP contribution in [0.3, 0.4) is 0 Å². The SMILES string of the molecule is c1ccc(-c2ccc(-n3c4ccccc4c4cc(-c5ccc6c(c5)c5ccccc5n6-c5ccc(-c6cc(-c7ccccc7)cc(-n7c8ccc(-c9ccc%10c(c9)oc9ccccc9%10)cc8c8cc(-c9ccc%10c(c9)c9ccccc9n%10-c9ccccc9)ccc87)c6)cc5)cc(-c5ccc6c(c5)c5ccccc5n6-c5ccccc5)c43)cc2)cc1. The van der Waals surface area contributed by atoms with Crippen LogP contribution >= 0.6 is 0 Å². The van der Waals surface area contributed by atoms with E-state index < -0.39 is 0 Å². The van der Waals surface area contributed by atoms with Crippen molar-refractivity contribution in [2.75, 3.05) is 0 Å². The van der Waals surface area contributed by atoms with Gasteiger partial charge in [0.05, 0.1) is 55.2 Å². The average Bonchev–Trinajstić information content (AvgIpc) is 1.57. The summed E-state index contributed by atoms with van der Waals surface area (Å²) in [5.74, 6) is 0. The van der Waals surface area contributed by atoms with E-state index in [1.165, 1.54) is 92.6 Å². The van der Waals surface area contributed by atoms with Gasteiger partial charge in [-0.1, -0.05) is 249 Å². The highest BCUT2D eigenvalue weighted by atomic mass is 16.3. The molecule has 6 heteroatoms. The Kier molecular flexibility index (Phi) is 15.0. The van der Waals surface area contributed by atoms with Crippen LogP contribution in [0.4, 0.5) is 0 Å². The molecule has 0 radical (unpaired) electrons. The van der Waals surface area contributed by atoms with Crippen molar-refractivity contribution >= 4 is 131 Å². The molecule has 0 atom stereocenters. The van der Waals surface area contributed by atoms with Gasteiger partial charge in [0.25, 0.3) is 0 Å². The summed E-state index contributed by atoms with van der Waals surface area (Å²) in [6.07, 6.45) is 0. The van der Waals surface area contributed by atoms with Crippen molar-refractivity contribution in [3.63, 3.8) is 0 Å². The normalized spacial score (nSPS) is 12.0. The Morgan fingerprint density at radius 1 is 0.133 bits per heavy atom. The van der Waals surface area contributed by atoms with E-state index in [0.29, 0.717) is 0 Å². The van der Waals surface area contributed by atoms with Gasteiger partial charge in [0.2, 0.25) is 0 Å². The number of para-hydroxylation sites is 7. The molecule has 0 aliphatic rings. The van der Waals surface area contributed by atoms with Crippen LogP contribution in [0.2, 0.25) is 0 Å². The van der Waals surface area contributed by atoms with E-state index in [1.54, 1.807) is 0 Å². The first-order valence-corrected chi connectivity index (χ1v) is 41.2. The lowest BCUT2D eigenvalue weighted by atomic mass is 9.94. The number of hydrogen-bond donors (Lipinski definition) is 0. The van der Waals surface area contributed by atoms with Gasteiger partial charge in [-0.2, -0.15) is 0 Å². The largest absolute Gasteiger partial charge is 0.456 e. The number of aromatic nitrogens is 5. The third kappa shape index (κ3) is 10.6. The van der Waals surface area contributed by atoms with E-state index in [0.717, 1.165) is 145 Å². The topological polar surface area (TPSA) is 37.8 Å². The number of hydrogen-bond acceptors (Lipinski definition) is 1. The Bertz CT molecular complexity index is 8490. The summed E-state index contributed by atoms with van der Waals surface area (Å²) in [6, 6.07) is 159. The highest BCUT2D eigenvalue weighted by Gasteiger charge is 2.25. The van der Waals surface area contributed by atoms with Crippen LogP contribution in [0.25, 0.3) is 237 Å². The van der Waals surface area contributed by atoms with Gasteiger partial charge in [-0.25, -0.2) is 0 Å². The number of benzene rings is 19. The number of fused-ring (bicyclic) bond motifs is 18. The lowest BCUT2D eigenvalue weighted by molar-refractivity contribution is 0.669. The molecule has 120 heavy (non-hydrogen) atoms. The summed E-state index contributed by atoms with van der Waals surface area (Å²) >= 11 is 0. The lowest BCUT2D eigenvalue weighted by Gasteiger charge is -2.15. The Balaban J connectivity index is 0.626. The van der Waals surface area contributed by atoms with E-state index in [1.807, 2.05) is 6.07 Å². The third-order valence-electron chi connectivity index (χ3n) is 25.2. The number of rotatable bonds is 12. The molecule has 25 aromatic rings. The molecule has 0 saturated heterocycles. The predicted octanol–water partition coefficient (Wildman–Crippen LogP) is 30.7. The van der Waals surface area contributed by atoms with Crippen LogP contribution in [0, 0.1) is 0 Å². The smallest absolute Gasteiger partial charge is 0.136 e. The summed E-state index contributed by atoms with van der Waals surface area (Å²) in [4.78, 5) is 0. The molecule has 0 aliphatic carbocycles. The standard InChI is InChI=1S/C114H71N5O/c1-5-23-72(24-6-1)74-41-53-88(54-42-74)119-106-39-21-16-34-93(106)102-70-84(69-96(114(102)119)81-50-60-109-99(68-81)92-33-15-19-37-104(92)116(109)86-29-11-4-12-30-86)79-49-59-108-98(67-79)91-32-14-20-38-105(91)117(108)87-51-43-75(44-52-87)83-61-82(73-25-7-2-8-26-73)62-89(63-83)118-110-57-47-77(76-46-56-107-97(64-76)90-31-13-18-36-103(90)115(107)85-27-9-3-10-28-85)65-100(110)101-66-78(48-58-111(101)118)80-45-55-95-94-35-17-22-40-112(94)120-113(95)71-80/h1-71H. The number of nitrogens with zero attached hydrogens (tertiary/aromatic N) is 5. The van der Waals surface area contributed by atoms with Crippen molar-refractivity contribution in [3.05, 3.63) is 431 Å². The van der Waals surface area contributed by atoms with Gasteiger partial charge in [-0.05, 0) is 254 Å². The van der Waals surface area contributed by atoms with E-state index in [2.05, 4.69) is 447 Å². The summed E-state index contributed by atoms with van der Waals surface area (Å²) in [6.45, 7) is 0. The van der Waals surface area contributed by atoms with Crippen molar-refractivity contribution in [3.8, 4) is 106 Å². The minimum atomic E-state index is 0.878. The molecule has 0 bridgehead atoms. The summed E-state index contributed by atoms with van der Waals surface area (Å²) in [5.41, 5.74) is 35.0. The van der Waals surface area contributed by atoms with Crippen LogP contribution < -0.4 is 0 Å². The highest BCUT2D eigenvalue weighted by Crippen LogP contribution is 2.48. The molecule has 0 spiro atoms. The monoisotopic (exact) mass is 1530 g/mol. The molecule has 6 nitrogen and oxygen atoms in total. The quantitative estimate of drug-likeness (QED) is 0.120. The van der Waals surface area contributed by atoms with E-state index in [4.69, 9.17) is 4.42 Å². The molecular weight excluding hydrogens is 1460 g/mol. The Morgan fingerprint density at radius 2 is 0.417 bits per heavy atom. The summed E-state index contributed by atoms with van der Waals surface area (Å²) in [7, 11) is 0. The van der Waals surface area contributed by atoms with Crippen LogP contribution in [0.1, 0.15) is 0 Å². The Morgan fingerprint density at radius 3 is 0.900 bits per heavy atom. The van der Waals surface area contributed by atoms with Crippen LogP contribution in [0.5, 0.6) is 0 Å². The number of furan rings is 1. The van der Waals surface area contributed by atoms with Gasteiger partial charge in [-0.15, -0.1) is 0 Å². The van der Waals surface area contributed by atoms with Crippen molar-refractivity contribution in [2.45, 2.75) is 0 Å². The molecule has 558 valence electrons. The van der Waals surface area contributed by atoms with Gasteiger partial charge in [0.15, 0.2) is 0 Å². The zero-order valence-electron chi connectivity index (χ0n) is 65.1. The lowest BCUT2D eigenvalue weighted by Crippen LogP contribution is -1.97. The minimum Gasteiger partial charge on any atom is -0.456 e. The van der Waals surface area contributed by atoms with Crippen molar-refractivity contribution in [2.24, 2.45) is 0 Å². The minimum absolute atomic E-state index is 0.878. The second-order valence-electron chi connectivity index (χ2n) is 31.9. The van der Waals surface area contributed by atoms with Crippen molar-refractivity contribution < 1.29 is 4.42 Å². The molecule has 25 rings (SSSR count). The maximum Gasteiger partial charge on any atom is 0.136 e. The third-order valence-corrected chi connectivity index (χ3v) is 25.2. The van der Waals surface area contributed by atoms with E-state index in [-0.39, 0.29) is 0 Å². The Labute approximate surface area is 690 Å². The van der Waals surface area contributed by atoms with Gasteiger partial charge in [-0.3, -0.25) is 0 Å².